The Morgan fingerprint density at radius 1 is 1.17 bits per heavy atom. The van der Waals surface area contributed by atoms with E-state index < -0.39 is 10.0 Å². The SMILES string of the molecule is COc1ccc(S(=O)(=O)N(C)CCCC(=O)NC[C@H]2COc3ccccc3O2)cc1. The van der Waals surface area contributed by atoms with Crippen LogP contribution in [0.3, 0.4) is 0 Å². The van der Waals surface area contributed by atoms with Gasteiger partial charge in [0.15, 0.2) is 11.5 Å². The van der Waals surface area contributed by atoms with Gasteiger partial charge in [-0.15, -0.1) is 0 Å². The molecule has 1 aliphatic rings. The molecule has 9 heteroatoms. The quantitative estimate of drug-likeness (QED) is 0.649. The Bertz CT molecular complexity index is 962. The summed E-state index contributed by atoms with van der Waals surface area (Å²) in [5, 5.41) is 2.81. The van der Waals surface area contributed by atoms with Crippen molar-refractivity contribution in [2.45, 2.75) is 23.8 Å². The summed E-state index contributed by atoms with van der Waals surface area (Å²) in [4.78, 5) is 12.3. The number of para-hydroxylation sites is 2. The number of methoxy groups -OCH3 is 1. The van der Waals surface area contributed by atoms with Gasteiger partial charge in [0.2, 0.25) is 15.9 Å². The smallest absolute Gasteiger partial charge is 0.242 e. The summed E-state index contributed by atoms with van der Waals surface area (Å²) < 4.78 is 42.9. The summed E-state index contributed by atoms with van der Waals surface area (Å²) in [6.45, 7) is 0.922. The molecule has 1 amide bonds. The number of amides is 1. The van der Waals surface area contributed by atoms with Gasteiger partial charge in [0.05, 0.1) is 18.6 Å². The van der Waals surface area contributed by atoms with E-state index in [2.05, 4.69) is 5.32 Å². The molecule has 8 nitrogen and oxygen atoms in total. The van der Waals surface area contributed by atoms with E-state index in [0.29, 0.717) is 36.8 Å². The molecule has 0 spiro atoms. The first-order valence-electron chi connectivity index (χ1n) is 9.65. The number of nitrogens with zero attached hydrogens (tertiary/aromatic N) is 1. The normalized spacial score (nSPS) is 15.6. The molecule has 3 rings (SSSR count). The molecule has 0 radical (unpaired) electrons. The summed E-state index contributed by atoms with van der Waals surface area (Å²) in [7, 11) is -0.587. The largest absolute Gasteiger partial charge is 0.497 e. The molecule has 0 bridgehead atoms. The molecule has 0 saturated heterocycles. The average molecular weight is 435 g/mol. The van der Waals surface area contributed by atoms with Gasteiger partial charge in [-0.1, -0.05) is 12.1 Å². The summed E-state index contributed by atoms with van der Waals surface area (Å²) in [6.07, 6.45) is 0.358. The molecular weight excluding hydrogens is 408 g/mol. The van der Waals surface area contributed by atoms with Crippen LogP contribution in [0, 0.1) is 0 Å². The molecule has 0 fully saturated rings. The lowest BCUT2D eigenvalue weighted by atomic mass is 10.2. The second-order valence-electron chi connectivity index (χ2n) is 6.91. The van der Waals surface area contributed by atoms with Crippen molar-refractivity contribution < 1.29 is 27.4 Å². The van der Waals surface area contributed by atoms with E-state index in [1.165, 1.54) is 30.6 Å². The first-order valence-corrected chi connectivity index (χ1v) is 11.1. The van der Waals surface area contributed by atoms with Crippen LogP contribution in [0.1, 0.15) is 12.8 Å². The number of ether oxygens (including phenoxy) is 3. The molecular formula is C21H26N2O6S. The van der Waals surface area contributed by atoms with Crippen LogP contribution in [-0.4, -0.2) is 58.6 Å². The van der Waals surface area contributed by atoms with Crippen LogP contribution in [0.4, 0.5) is 0 Å². The average Bonchev–Trinajstić information content (AvgIpc) is 2.77. The molecule has 30 heavy (non-hydrogen) atoms. The maximum Gasteiger partial charge on any atom is 0.242 e. The summed E-state index contributed by atoms with van der Waals surface area (Å²) in [6, 6.07) is 13.6. The number of carbonyl (C=O) groups excluding carboxylic acids is 1. The van der Waals surface area contributed by atoms with Crippen molar-refractivity contribution in [3.8, 4) is 17.2 Å². The van der Waals surface area contributed by atoms with Crippen molar-refractivity contribution in [3.63, 3.8) is 0 Å². The first kappa shape index (κ1) is 21.9. The molecule has 2 aromatic carbocycles. The minimum atomic E-state index is -3.61. The molecule has 1 atom stereocenters. The van der Waals surface area contributed by atoms with Gasteiger partial charge in [-0.2, -0.15) is 0 Å². The summed E-state index contributed by atoms with van der Waals surface area (Å²) in [5.74, 6) is 1.78. The Balaban J connectivity index is 1.40. The minimum Gasteiger partial charge on any atom is -0.497 e. The number of fused-ring (bicyclic) bond motifs is 1. The fourth-order valence-electron chi connectivity index (χ4n) is 2.99. The topological polar surface area (TPSA) is 94.2 Å². The third kappa shape index (κ3) is 5.43. The van der Waals surface area contributed by atoms with Gasteiger partial charge in [-0.05, 0) is 42.8 Å². The van der Waals surface area contributed by atoms with Crippen molar-refractivity contribution in [2.75, 3.05) is 33.9 Å². The maximum atomic E-state index is 12.6. The van der Waals surface area contributed by atoms with Gasteiger partial charge in [-0.25, -0.2) is 12.7 Å². The summed E-state index contributed by atoms with van der Waals surface area (Å²) in [5.41, 5.74) is 0. The van der Waals surface area contributed by atoms with Gasteiger partial charge in [-0.3, -0.25) is 4.79 Å². The number of sulfonamides is 1. The molecule has 0 aromatic heterocycles. The van der Waals surface area contributed by atoms with Crippen LogP contribution < -0.4 is 19.5 Å². The second kappa shape index (κ2) is 9.82. The van der Waals surface area contributed by atoms with Crippen LogP contribution in [-0.2, 0) is 14.8 Å². The molecule has 0 unspecified atom stereocenters. The number of hydrogen-bond acceptors (Lipinski definition) is 6. The minimum absolute atomic E-state index is 0.160. The van der Waals surface area contributed by atoms with Crippen molar-refractivity contribution in [3.05, 3.63) is 48.5 Å². The lowest BCUT2D eigenvalue weighted by Crippen LogP contribution is -2.40. The fraction of sp³-hybridized carbons (Fsp3) is 0.381. The highest BCUT2D eigenvalue weighted by atomic mass is 32.2. The van der Waals surface area contributed by atoms with Crippen LogP contribution in [0.15, 0.2) is 53.4 Å². The molecule has 0 saturated carbocycles. The van der Waals surface area contributed by atoms with Gasteiger partial charge in [0.25, 0.3) is 0 Å². The molecule has 1 N–H and O–H groups in total. The Kier molecular flexibility index (Phi) is 7.17. The van der Waals surface area contributed by atoms with Gasteiger partial charge < -0.3 is 19.5 Å². The van der Waals surface area contributed by atoms with E-state index in [4.69, 9.17) is 14.2 Å². The van der Waals surface area contributed by atoms with Gasteiger partial charge in [0.1, 0.15) is 18.5 Å². The van der Waals surface area contributed by atoms with Gasteiger partial charge >= 0.3 is 0 Å². The summed E-state index contributed by atoms with van der Waals surface area (Å²) >= 11 is 0. The van der Waals surface area contributed by atoms with E-state index in [1.54, 1.807) is 12.1 Å². The van der Waals surface area contributed by atoms with Crippen LogP contribution in [0.2, 0.25) is 0 Å². The van der Waals surface area contributed by atoms with Crippen molar-refractivity contribution >= 4 is 15.9 Å². The van der Waals surface area contributed by atoms with E-state index in [1.807, 2.05) is 24.3 Å². The van der Waals surface area contributed by atoms with Crippen molar-refractivity contribution in [1.29, 1.82) is 0 Å². The van der Waals surface area contributed by atoms with Crippen molar-refractivity contribution in [2.24, 2.45) is 0 Å². The zero-order valence-corrected chi connectivity index (χ0v) is 17.9. The highest BCUT2D eigenvalue weighted by molar-refractivity contribution is 7.89. The number of rotatable bonds is 9. The Morgan fingerprint density at radius 3 is 2.57 bits per heavy atom. The van der Waals surface area contributed by atoms with Crippen molar-refractivity contribution in [1.82, 2.24) is 9.62 Å². The Labute approximate surface area is 176 Å². The standard InChI is InChI=1S/C21H26N2O6S/c1-23(30(25,26)18-11-9-16(27-2)10-12-18)13-5-8-21(24)22-14-17-15-28-19-6-3-4-7-20(19)29-17/h3-4,6-7,9-12,17H,5,8,13-15H2,1-2H3,(H,22,24)/t17-/m0/s1. The van der Waals surface area contributed by atoms with Crippen LogP contribution in [0.5, 0.6) is 17.2 Å². The number of hydrogen-bond donors (Lipinski definition) is 1. The maximum absolute atomic E-state index is 12.6. The van der Waals surface area contributed by atoms with E-state index in [0.717, 1.165) is 0 Å². The number of carbonyl (C=O) groups is 1. The van der Waals surface area contributed by atoms with E-state index in [9.17, 15) is 13.2 Å². The number of benzene rings is 2. The van der Waals surface area contributed by atoms with Crippen LogP contribution in [0.25, 0.3) is 0 Å². The molecule has 162 valence electrons. The lowest BCUT2D eigenvalue weighted by molar-refractivity contribution is -0.121. The zero-order chi connectivity index (χ0) is 21.6. The van der Waals surface area contributed by atoms with E-state index >= 15 is 0 Å². The second-order valence-corrected chi connectivity index (χ2v) is 8.95. The Morgan fingerprint density at radius 2 is 1.87 bits per heavy atom. The third-order valence-corrected chi connectivity index (χ3v) is 6.61. The molecule has 0 aliphatic carbocycles. The number of nitrogens with one attached hydrogen (secondary N) is 1. The highest BCUT2D eigenvalue weighted by Crippen LogP contribution is 2.30. The zero-order valence-electron chi connectivity index (χ0n) is 17.0. The first-order chi connectivity index (χ1) is 14.4. The van der Waals surface area contributed by atoms with Gasteiger partial charge in [0, 0.05) is 20.0 Å². The predicted octanol–water partition coefficient (Wildman–Crippen LogP) is 2.05. The predicted molar refractivity (Wildman–Crippen MR) is 111 cm³/mol. The molecule has 1 aliphatic heterocycles. The van der Waals surface area contributed by atoms with E-state index in [-0.39, 0.29) is 29.9 Å². The molecule has 1 heterocycles. The molecule has 2 aromatic rings. The Hall–Kier alpha value is -2.78. The third-order valence-electron chi connectivity index (χ3n) is 4.74. The van der Waals surface area contributed by atoms with Crippen LogP contribution >= 0.6 is 0 Å². The lowest BCUT2D eigenvalue weighted by Gasteiger charge is -2.26. The monoisotopic (exact) mass is 434 g/mol. The highest BCUT2D eigenvalue weighted by Gasteiger charge is 2.22. The fourth-order valence-corrected chi connectivity index (χ4v) is 4.20.